The van der Waals surface area contributed by atoms with Crippen LogP contribution in [0.2, 0.25) is 0 Å². The zero-order valence-electron chi connectivity index (χ0n) is 13.8. The summed E-state index contributed by atoms with van der Waals surface area (Å²) in [6.07, 6.45) is 2.18. The van der Waals surface area contributed by atoms with Crippen molar-refractivity contribution in [2.24, 2.45) is 0 Å². The van der Waals surface area contributed by atoms with E-state index in [2.05, 4.69) is 17.4 Å². The van der Waals surface area contributed by atoms with Gasteiger partial charge in [0.05, 0.1) is 0 Å². The number of fused-ring (bicyclic) bond motifs is 1. The molecule has 1 aliphatic heterocycles. The predicted molar refractivity (Wildman–Crippen MR) is 97.5 cm³/mol. The summed E-state index contributed by atoms with van der Waals surface area (Å²) in [4.78, 5) is 26.8. The lowest BCUT2D eigenvalue weighted by Crippen LogP contribution is -2.29. The fourth-order valence-electron chi connectivity index (χ4n) is 3.21. The monoisotopic (exact) mass is 342 g/mol. The Balaban J connectivity index is 1.48. The molecule has 1 N–H and O–H groups in total. The van der Waals surface area contributed by atoms with Crippen LogP contribution >= 0.6 is 11.3 Å². The normalized spacial score (nSPS) is 16.0. The van der Waals surface area contributed by atoms with Crippen LogP contribution in [0.4, 0.5) is 5.69 Å². The van der Waals surface area contributed by atoms with E-state index >= 15 is 0 Å². The maximum atomic E-state index is 12.0. The molecule has 1 atom stereocenters. The van der Waals surface area contributed by atoms with Gasteiger partial charge in [-0.2, -0.15) is 0 Å². The molecule has 1 unspecified atom stereocenters. The van der Waals surface area contributed by atoms with Crippen molar-refractivity contribution in [3.05, 3.63) is 52.2 Å². The first-order valence-electron chi connectivity index (χ1n) is 8.31. The number of carbonyl (C=O) groups is 2. The van der Waals surface area contributed by atoms with E-state index in [1.807, 2.05) is 34.5 Å². The smallest absolute Gasteiger partial charge is 0.223 e. The molecule has 0 bridgehead atoms. The molecule has 3 rings (SSSR count). The first kappa shape index (κ1) is 16.7. The van der Waals surface area contributed by atoms with Crippen molar-refractivity contribution >= 4 is 28.8 Å². The van der Waals surface area contributed by atoms with Gasteiger partial charge in [0.2, 0.25) is 11.8 Å². The molecule has 2 aromatic rings. The molecule has 2 amide bonds. The third-order valence-corrected chi connectivity index (χ3v) is 5.38. The van der Waals surface area contributed by atoms with Gasteiger partial charge in [0.1, 0.15) is 0 Å². The van der Waals surface area contributed by atoms with Gasteiger partial charge >= 0.3 is 0 Å². The van der Waals surface area contributed by atoms with Crippen molar-refractivity contribution in [3.63, 3.8) is 0 Å². The highest BCUT2D eigenvalue weighted by atomic mass is 32.1. The van der Waals surface area contributed by atoms with E-state index in [1.165, 1.54) is 10.4 Å². The maximum Gasteiger partial charge on any atom is 0.223 e. The van der Waals surface area contributed by atoms with Crippen molar-refractivity contribution < 1.29 is 9.59 Å². The maximum absolute atomic E-state index is 12.0. The molecule has 24 heavy (non-hydrogen) atoms. The number of para-hydroxylation sites is 1. The zero-order chi connectivity index (χ0) is 16.9. The molecule has 126 valence electrons. The molecule has 4 nitrogen and oxygen atoms in total. The summed E-state index contributed by atoms with van der Waals surface area (Å²) in [5.41, 5.74) is 2.22. The van der Waals surface area contributed by atoms with Crippen LogP contribution in [-0.4, -0.2) is 24.9 Å². The fourth-order valence-corrected chi connectivity index (χ4v) is 3.92. The summed E-state index contributed by atoms with van der Waals surface area (Å²) >= 11 is 1.69. The Kier molecular flexibility index (Phi) is 5.30. The van der Waals surface area contributed by atoms with Crippen molar-refractivity contribution in [2.75, 3.05) is 18.0 Å². The first-order valence-corrected chi connectivity index (χ1v) is 9.19. The molecule has 0 saturated carbocycles. The van der Waals surface area contributed by atoms with Crippen molar-refractivity contribution in [2.45, 2.75) is 32.1 Å². The van der Waals surface area contributed by atoms with Crippen molar-refractivity contribution in [1.29, 1.82) is 0 Å². The minimum Gasteiger partial charge on any atom is -0.356 e. The third kappa shape index (κ3) is 3.85. The second-order valence-corrected chi connectivity index (χ2v) is 7.14. The van der Waals surface area contributed by atoms with Crippen LogP contribution in [0.5, 0.6) is 0 Å². The highest BCUT2D eigenvalue weighted by Gasteiger charge is 2.29. The summed E-state index contributed by atoms with van der Waals surface area (Å²) in [5.74, 6) is 0.464. The van der Waals surface area contributed by atoms with E-state index in [0.717, 1.165) is 18.5 Å². The number of anilines is 1. The number of amides is 2. The molecule has 0 spiro atoms. The fraction of sp³-hybridized carbons (Fsp3) is 0.368. The second kappa shape index (κ2) is 7.62. The lowest BCUT2D eigenvalue weighted by atomic mass is 9.98. The number of hydrogen-bond donors (Lipinski definition) is 1. The van der Waals surface area contributed by atoms with Crippen molar-refractivity contribution in [3.8, 4) is 0 Å². The number of hydrogen-bond acceptors (Lipinski definition) is 3. The van der Waals surface area contributed by atoms with E-state index < -0.39 is 0 Å². The number of nitrogens with zero attached hydrogens (tertiary/aromatic N) is 1. The average Bonchev–Trinajstić information content (AvgIpc) is 3.21. The van der Waals surface area contributed by atoms with Crippen LogP contribution < -0.4 is 10.2 Å². The minimum atomic E-state index is 0.0740. The number of benzene rings is 1. The van der Waals surface area contributed by atoms with Gasteiger partial charge in [-0.05, 0) is 35.9 Å². The topological polar surface area (TPSA) is 49.4 Å². The van der Waals surface area contributed by atoms with Gasteiger partial charge in [-0.25, -0.2) is 0 Å². The van der Waals surface area contributed by atoms with Crippen LogP contribution in [0.25, 0.3) is 0 Å². The SMILES string of the molecule is CC(=O)N1CC(CCNC(=O)CCc2cccs2)c2ccccc21. The quantitative estimate of drug-likeness (QED) is 0.875. The Labute approximate surface area is 146 Å². The zero-order valence-corrected chi connectivity index (χ0v) is 14.6. The summed E-state index contributed by atoms with van der Waals surface area (Å²) in [5, 5.41) is 5.04. The Bertz CT molecular complexity index is 712. The van der Waals surface area contributed by atoms with Crippen LogP contribution in [0, 0.1) is 0 Å². The molecule has 0 radical (unpaired) electrons. The highest BCUT2D eigenvalue weighted by Crippen LogP contribution is 2.37. The van der Waals surface area contributed by atoms with E-state index in [1.54, 1.807) is 18.3 Å². The van der Waals surface area contributed by atoms with E-state index in [-0.39, 0.29) is 11.8 Å². The van der Waals surface area contributed by atoms with Crippen LogP contribution in [0.15, 0.2) is 41.8 Å². The molecule has 5 heteroatoms. The Morgan fingerprint density at radius 3 is 2.83 bits per heavy atom. The number of carbonyl (C=O) groups excluding carboxylic acids is 2. The largest absolute Gasteiger partial charge is 0.356 e. The molecule has 0 fully saturated rings. The standard InChI is InChI=1S/C19H22N2O2S/c1-14(22)21-13-15(17-6-2-3-7-18(17)21)10-11-20-19(23)9-8-16-5-4-12-24-16/h2-7,12,15H,8-11,13H2,1H3,(H,20,23). The lowest BCUT2D eigenvalue weighted by Gasteiger charge is -2.15. The molecule has 0 saturated heterocycles. The van der Waals surface area contributed by atoms with E-state index in [4.69, 9.17) is 0 Å². The highest BCUT2D eigenvalue weighted by molar-refractivity contribution is 7.09. The molecule has 1 aliphatic rings. The number of aryl methyl sites for hydroxylation is 1. The molecule has 2 heterocycles. The Hall–Kier alpha value is -2.14. The molecular weight excluding hydrogens is 320 g/mol. The first-order chi connectivity index (χ1) is 11.6. The Morgan fingerprint density at radius 1 is 1.25 bits per heavy atom. The van der Waals surface area contributed by atoms with Crippen LogP contribution in [0.1, 0.15) is 36.1 Å². The summed E-state index contributed by atoms with van der Waals surface area (Å²) < 4.78 is 0. The van der Waals surface area contributed by atoms with Crippen LogP contribution in [-0.2, 0) is 16.0 Å². The van der Waals surface area contributed by atoms with Crippen LogP contribution in [0.3, 0.4) is 0 Å². The van der Waals surface area contributed by atoms with Gasteiger partial charge in [0.15, 0.2) is 0 Å². The molecular formula is C19H22N2O2S. The molecule has 1 aromatic carbocycles. The summed E-state index contributed by atoms with van der Waals surface area (Å²) in [6.45, 7) is 2.96. The van der Waals surface area contributed by atoms with Gasteiger partial charge in [-0.1, -0.05) is 24.3 Å². The Morgan fingerprint density at radius 2 is 2.08 bits per heavy atom. The third-order valence-electron chi connectivity index (χ3n) is 4.44. The summed E-state index contributed by atoms with van der Waals surface area (Å²) in [7, 11) is 0. The molecule has 0 aliphatic carbocycles. The second-order valence-electron chi connectivity index (χ2n) is 6.10. The number of nitrogens with one attached hydrogen (secondary N) is 1. The summed E-state index contributed by atoms with van der Waals surface area (Å²) in [6, 6.07) is 12.1. The van der Waals surface area contributed by atoms with Gasteiger partial charge < -0.3 is 10.2 Å². The van der Waals surface area contributed by atoms with E-state index in [9.17, 15) is 9.59 Å². The predicted octanol–water partition coefficient (Wildman–Crippen LogP) is 3.34. The van der Waals surface area contributed by atoms with Crippen molar-refractivity contribution in [1.82, 2.24) is 5.32 Å². The van der Waals surface area contributed by atoms with Gasteiger partial charge in [-0.3, -0.25) is 9.59 Å². The van der Waals surface area contributed by atoms with Gasteiger partial charge in [-0.15, -0.1) is 11.3 Å². The minimum absolute atomic E-state index is 0.0740. The number of thiophene rings is 1. The molecule has 1 aromatic heterocycles. The van der Waals surface area contributed by atoms with Gasteiger partial charge in [0, 0.05) is 42.9 Å². The van der Waals surface area contributed by atoms with E-state index in [0.29, 0.717) is 25.4 Å². The number of rotatable bonds is 6. The average molecular weight is 342 g/mol. The lowest BCUT2D eigenvalue weighted by molar-refractivity contribution is -0.121. The van der Waals surface area contributed by atoms with Gasteiger partial charge in [0.25, 0.3) is 0 Å².